The van der Waals surface area contributed by atoms with E-state index in [1.165, 1.54) is 6.07 Å². The molecule has 1 aromatic carbocycles. The molecule has 1 aliphatic rings. The Morgan fingerprint density at radius 3 is 3.14 bits per heavy atom. The van der Waals surface area contributed by atoms with E-state index in [1.807, 2.05) is 13.0 Å². The molecule has 2 nitrogen and oxygen atoms in total. The summed E-state index contributed by atoms with van der Waals surface area (Å²) in [5, 5.41) is 0. The van der Waals surface area contributed by atoms with Gasteiger partial charge in [-0.3, -0.25) is 0 Å². The fourth-order valence-electron chi connectivity index (χ4n) is 1.72. The van der Waals surface area contributed by atoms with Gasteiger partial charge in [-0.15, -0.1) is 0 Å². The van der Waals surface area contributed by atoms with E-state index in [1.54, 1.807) is 6.07 Å². The van der Waals surface area contributed by atoms with Gasteiger partial charge in [-0.05, 0) is 37.0 Å². The van der Waals surface area contributed by atoms with Crippen LogP contribution in [-0.4, -0.2) is 12.6 Å². The van der Waals surface area contributed by atoms with Crippen molar-refractivity contribution < 1.29 is 9.23 Å². The third-order valence-electron chi connectivity index (χ3n) is 2.66. The smallest absolute Gasteiger partial charge is 0.126 e. The van der Waals surface area contributed by atoms with Gasteiger partial charge in [0.25, 0.3) is 0 Å². The average Bonchev–Trinajstić information content (AvgIpc) is 2.66. The van der Waals surface area contributed by atoms with Crippen LogP contribution in [0.15, 0.2) is 18.2 Å². The van der Waals surface area contributed by atoms with Crippen LogP contribution in [-0.2, 0) is 11.3 Å². The zero-order chi connectivity index (χ0) is 9.97. The van der Waals surface area contributed by atoms with Gasteiger partial charge in [0.1, 0.15) is 5.82 Å². The fraction of sp³-hybridized carbons (Fsp3) is 0.455. The largest absolute Gasteiger partial charge is 0.301 e. The summed E-state index contributed by atoms with van der Waals surface area (Å²) in [6.07, 6.45) is 1.83. The molecule has 1 fully saturated rings. The van der Waals surface area contributed by atoms with Gasteiger partial charge in [0.2, 0.25) is 0 Å². The molecule has 76 valence electrons. The first kappa shape index (κ1) is 9.62. The summed E-state index contributed by atoms with van der Waals surface area (Å²) in [6, 6.07) is 5.55. The van der Waals surface area contributed by atoms with Crippen LogP contribution in [0.1, 0.15) is 17.5 Å². The molecule has 1 N–H and O–H groups in total. The quantitative estimate of drug-likeness (QED) is 0.779. The second-order valence-electron chi connectivity index (χ2n) is 3.68. The van der Waals surface area contributed by atoms with E-state index in [0.29, 0.717) is 6.04 Å². The van der Waals surface area contributed by atoms with Crippen LogP contribution in [0.3, 0.4) is 0 Å². The van der Waals surface area contributed by atoms with Crippen LogP contribution >= 0.6 is 0 Å². The number of hydrogen-bond donors (Lipinski definition) is 1. The lowest BCUT2D eigenvalue weighted by molar-refractivity contribution is 0.0882. The predicted molar refractivity (Wildman–Crippen MR) is 52.3 cm³/mol. The number of rotatable bonds is 2. The van der Waals surface area contributed by atoms with Crippen molar-refractivity contribution in [2.45, 2.75) is 25.8 Å². The molecule has 1 aromatic rings. The van der Waals surface area contributed by atoms with E-state index >= 15 is 0 Å². The molecule has 2 rings (SSSR count). The Bertz CT molecular complexity index is 321. The molecule has 1 atom stereocenters. The Morgan fingerprint density at radius 1 is 1.57 bits per heavy atom. The number of nitrogens with one attached hydrogen (secondary N) is 1. The van der Waals surface area contributed by atoms with E-state index in [9.17, 15) is 4.39 Å². The molecule has 0 bridgehead atoms. The molecule has 0 saturated carbocycles. The molecule has 1 unspecified atom stereocenters. The zero-order valence-electron chi connectivity index (χ0n) is 8.22. The van der Waals surface area contributed by atoms with Crippen LogP contribution in [0.4, 0.5) is 4.39 Å². The third-order valence-corrected chi connectivity index (χ3v) is 2.66. The van der Waals surface area contributed by atoms with E-state index < -0.39 is 0 Å². The van der Waals surface area contributed by atoms with Gasteiger partial charge in [0.05, 0.1) is 6.61 Å². The molecule has 1 heterocycles. The molecule has 0 spiro atoms. The Kier molecular flexibility index (Phi) is 2.79. The summed E-state index contributed by atoms with van der Waals surface area (Å²) in [4.78, 5) is 5.06. The summed E-state index contributed by atoms with van der Waals surface area (Å²) in [6.45, 7) is 2.57. The first-order valence-electron chi connectivity index (χ1n) is 4.88. The summed E-state index contributed by atoms with van der Waals surface area (Å²) in [5.74, 6) is -0.124. The Hall–Kier alpha value is -0.930. The minimum atomic E-state index is -0.124. The van der Waals surface area contributed by atoms with Crippen molar-refractivity contribution in [3.05, 3.63) is 35.1 Å². The number of halogens is 1. The van der Waals surface area contributed by atoms with Crippen LogP contribution in [0.2, 0.25) is 0 Å². The fourth-order valence-corrected chi connectivity index (χ4v) is 1.72. The minimum absolute atomic E-state index is 0.124. The molecule has 0 amide bonds. The first-order chi connectivity index (χ1) is 6.77. The lowest BCUT2D eigenvalue weighted by Gasteiger charge is -2.11. The predicted octanol–water partition coefficient (Wildman–Crippen LogP) is 1.97. The summed E-state index contributed by atoms with van der Waals surface area (Å²) in [5.41, 5.74) is 4.74. The zero-order valence-corrected chi connectivity index (χ0v) is 8.22. The highest BCUT2D eigenvalue weighted by Crippen LogP contribution is 2.16. The van der Waals surface area contributed by atoms with Crippen molar-refractivity contribution in [3.8, 4) is 0 Å². The summed E-state index contributed by atoms with van der Waals surface area (Å²) < 4.78 is 13.2. The highest BCUT2D eigenvalue weighted by atomic mass is 19.1. The van der Waals surface area contributed by atoms with Crippen molar-refractivity contribution >= 4 is 0 Å². The molecule has 0 radical (unpaired) electrons. The first-order valence-corrected chi connectivity index (χ1v) is 4.88. The maximum absolute atomic E-state index is 13.2. The highest BCUT2D eigenvalue weighted by Gasteiger charge is 2.16. The van der Waals surface area contributed by atoms with Crippen LogP contribution in [0, 0.1) is 12.7 Å². The summed E-state index contributed by atoms with van der Waals surface area (Å²) >= 11 is 0. The minimum Gasteiger partial charge on any atom is -0.301 e. The lowest BCUT2D eigenvalue weighted by atomic mass is 10.00. The van der Waals surface area contributed by atoms with Gasteiger partial charge < -0.3 is 4.84 Å². The molecule has 0 aliphatic carbocycles. The third kappa shape index (κ3) is 1.94. The van der Waals surface area contributed by atoms with Gasteiger partial charge in [0.15, 0.2) is 0 Å². The van der Waals surface area contributed by atoms with E-state index in [-0.39, 0.29) is 5.82 Å². The maximum atomic E-state index is 13.2. The molecular weight excluding hydrogens is 181 g/mol. The highest BCUT2D eigenvalue weighted by molar-refractivity contribution is 5.28. The van der Waals surface area contributed by atoms with Gasteiger partial charge >= 0.3 is 0 Å². The summed E-state index contributed by atoms with van der Waals surface area (Å²) in [7, 11) is 0. The van der Waals surface area contributed by atoms with E-state index in [2.05, 4.69) is 5.48 Å². The lowest BCUT2D eigenvalue weighted by Crippen LogP contribution is -2.23. The Balaban J connectivity index is 2.11. The van der Waals surface area contributed by atoms with Crippen molar-refractivity contribution in [1.29, 1.82) is 0 Å². The van der Waals surface area contributed by atoms with Crippen molar-refractivity contribution in [2.75, 3.05) is 6.61 Å². The van der Waals surface area contributed by atoms with Crippen LogP contribution in [0.25, 0.3) is 0 Å². The Labute approximate surface area is 83.0 Å². The van der Waals surface area contributed by atoms with Crippen molar-refractivity contribution in [2.24, 2.45) is 0 Å². The topological polar surface area (TPSA) is 21.3 Å². The molecule has 1 aliphatic heterocycles. The van der Waals surface area contributed by atoms with Crippen molar-refractivity contribution in [1.82, 2.24) is 5.48 Å². The van der Waals surface area contributed by atoms with Crippen LogP contribution in [0.5, 0.6) is 0 Å². The van der Waals surface area contributed by atoms with Crippen molar-refractivity contribution in [3.63, 3.8) is 0 Å². The molecule has 1 saturated heterocycles. The molecular formula is C11H14FNO. The monoisotopic (exact) mass is 195 g/mol. The maximum Gasteiger partial charge on any atom is 0.126 e. The van der Waals surface area contributed by atoms with E-state index in [0.717, 1.165) is 30.6 Å². The standard InChI is InChI=1S/C11H14FNO/c1-8-9(3-2-4-11(8)12)7-10-5-6-14-13-10/h2-4,10,13H,5-7H2,1H3. The normalized spacial score (nSPS) is 21.4. The van der Waals surface area contributed by atoms with Gasteiger partial charge in [-0.1, -0.05) is 12.1 Å². The number of benzene rings is 1. The second kappa shape index (κ2) is 4.07. The Morgan fingerprint density at radius 2 is 2.43 bits per heavy atom. The molecule has 3 heteroatoms. The number of hydroxylamine groups is 1. The average molecular weight is 195 g/mol. The second-order valence-corrected chi connectivity index (χ2v) is 3.68. The van der Waals surface area contributed by atoms with Gasteiger partial charge in [0, 0.05) is 6.04 Å². The van der Waals surface area contributed by atoms with Crippen LogP contribution < -0.4 is 5.48 Å². The molecule has 0 aromatic heterocycles. The number of hydrogen-bond acceptors (Lipinski definition) is 2. The SMILES string of the molecule is Cc1c(F)cccc1CC1CCON1. The van der Waals surface area contributed by atoms with E-state index in [4.69, 9.17) is 4.84 Å². The molecule has 14 heavy (non-hydrogen) atoms. The van der Waals surface area contributed by atoms with Gasteiger partial charge in [-0.25, -0.2) is 4.39 Å². The van der Waals surface area contributed by atoms with Gasteiger partial charge in [-0.2, -0.15) is 5.48 Å².